The molecule has 1 saturated heterocycles. The van der Waals surface area contributed by atoms with Gasteiger partial charge < -0.3 is 14.4 Å². The number of hydrogen-bond acceptors (Lipinski definition) is 5. The van der Waals surface area contributed by atoms with E-state index >= 15 is 0 Å². The van der Waals surface area contributed by atoms with Gasteiger partial charge in [0.1, 0.15) is 0 Å². The molecule has 0 bridgehead atoms. The quantitative estimate of drug-likeness (QED) is 0.764. The van der Waals surface area contributed by atoms with Crippen LogP contribution in [0.1, 0.15) is 41.3 Å². The molecule has 2 rings (SSSR count). The number of hydrogen-bond donors (Lipinski definition) is 0. The fourth-order valence-electron chi connectivity index (χ4n) is 2.88. The van der Waals surface area contributed by atoms with Crippen molar-refractivity contribution in [3.8, 4) is 0 Å². The summed E-state index contributed by atoms with van der Waals surface area (Å²) in [6.07, 6.45) is 1.16. The van der Waals surface area contributed by atoms with Crippen molar-refractivity contribution >= 4 is 17.8 Å². The van der Waals surface area contributed by atoms with E-state index in [9.17, 15) is 14.4 Å². The Labute approximate surface area is 148 Å². The number of carbonyl (C=O) groups excluding carboxylic acids is 3. The number of rotatable bonds is 5. The monoisotopic (exact) mass is 347 g/mol. The van der Waals surface area contributed by atoms with Gasteiger partial charge in [-0.1, -0.05) is 17.7 Å². The van der Waals surface area contributed by atoms with Gasteiger partial charge in [-0.25, -0.2) is 4.79 Å². The maximum atomic E-state index is 12.2. The fraction of sp³-hybridized carbons (Fsp3) is 0.526. The fourth-order valence-corrected chi connectivity index (χ4v) is 2.88. The van der Waals surface area contributed by atoms with Crippen molar-refractivity contribution in [1.82, 2.24) is 4.90 Å². The number of nitrogens with zero attached hydrogens (tertiary/aromatic N) is 1. The average molecular weight is 347 g/mol. The SMILES string of the molecule is CCOC(=O)C1CCN(C(=O)COC(=O)c2cc(C)ccc2C)CC1. The van der Waals surface area contributed by atoms with Crippen molar-refractivity contribution in [3.05, 3.63) is 34.9 Å². The van der Waals surface area contributed by atoms with Gasteiger partial charge in [-0.2, -0.15) is 0 Å². The predicted octanol–water partition coefficient (Wildman–Crippen LogP) is 2.26. The second kappa shape index (κ2) is 8.65. The van der Waals surface area contributed by atoms with Crippen LogP contribution in [-0.4, -0.2) is 49.0 Å². The van der Waals surface area contributed by atoms with E-state index in [1.54, 1.807) is 17.9 Å². The summed E-state index contributed by atoms with van der Waals surface area (Å²) in [6.45, 7) is 6.54. The lowest BCUT2D eigenvalue weighted by Gasteiger charge is -2.30. The van der Waals surface area contributed by atoms with E-state index in [0.717, 1.165) is 11.1 Å². The van der Waals surface area contributed by atoms with E-state index in [2.05, 4.69) is 0 Å². The highest BCUT2D eigenvalue weighted by Gasteiger charge is 2.28. The van der Waals surface area contributed by atoms with Gasteiger partial charge in [-0.3, -0.25) is 9.59 Å². The van der Waals surface area contributed by atoms with Gasteiger partial charge in [0.05, 0.1) is 18.1 Å². The Morgan fingerprint density at radius 2 is 1.80 bits per heavy atom. The number of piperidine rings is 1. The molecule has 0 aromatic heterocycles. The maximum absolute atomic E-state index is 12.2. The van der Waals surface area contributed by atoms with Crippen molar-refractivity contribution in [2.24, 2.45) is 5.92 Å². The summed E-state index contributed by atoms with van der Waals surface area (Å²) in [4.78, 5) is 37.7. The van der Waals surface area contributed by atoms with Crippen molar-refractivity contribution in [3.63, 3.8) is 0 Å². The van der Waals surface area contributed by atoms with Crippen LogP contribution >= 0.6 is 0 Å². The smallest absolute Gasteiger partial charge is 0.338 e. The molecular formula is C19H25NO5. The minimum atomic E-state index is -0.490. The van der Waals surface area contributed by atoms with Gasteiger partial charge in [0.15, 0.2) is 6.61 Å². The zero-order valence-corrected chi connectivity index (χ0v) is 15.0. The highest BCUT2D eigenvalue weighted by Crippen LogP contribution is 2.19. The van der Waals surface area contributed by atoms with Crippen molar-refractivity contribution in [2.45, 2.75) is 33.6 Å². The number of likely N-dealkylation sites (tertiary alicyclic amines) is 1. The van der Waals surface area contributed by atoms with Crippen LogP contribution in [0.3, 0.4) is 0 Å². The lowest BCUT2D eigenvalue weighted by molar-refractivity contribution is -0.151. The number of benzene rings is 1. The Morgan fingerprint density at radius 3 is 2.44 bits per heavy atom. The molecule has 0 spiro atoms. The first-order chi connectivity index (χ1) is 11.9. The van der Waals surface area contributed by atoms with Gasteiger partial charge >= 0.3 is 11.9 Å². The van der Waals surface area contributed by atoms with Gasteiger partial charge in [0, 0.05) is 13.1 Å². The zero-order valence-electron chi connectivity index (χ0n) is 15.0. The third kappa shape index (κ3) is 5.05. The lowest BCUT2D eigenvalue weighted by atomic mass is 9.97. The molecule has 136 valence electrons. The van der Waals surface area contributed by atoms with Crippen LogP contribution < -0.4 is 0 Å². The Morgan fingerprint density at radius 1 is 1.12 bits per heavy atom. The Bertz CT molecular complexity index is 647. The number of esters is 2. The third-order valence-corrected chi connectivity index (χ3v) is 4.41. The number of amides is 1. The molecule has 0 radical (unpaired) electrons. The molecule has 1 aliphatic heterocycles. The molecule has 6 heteroatoms. The standard InChI is InChI=1S/C19H25NO5/c1-4-24-18(22)15-7-9-20(10-8-15)17(21)12-25-19(23)16-11-13(2)5-6-14(16)3/h5-6,11,15H,4,7-10,12H2,1-3H3. The van der Waals surface area contributed by atoms with E-state index in [-0.39, 0.29) is 24.4 Å². The van der Waals surface area contributed by atoms with Gasteiger partial charge in [0.2, 0.25) is 0 Å². The first-order valence-corrected chi connectivity index (χ1v) is 8.61. The molecule has 0 N–H and O–H groups in total. The molecule has 1 aliphatic rings. The van der Waals surface area contributed by atoms with Gasteiger partial charge in [-0.15, -0.1) is 0 Å². The molecule has 1 heterocycles. The number of ether oxygens (including phenoxy) is 2. The molecule has 0 atom stereocenters. The van der Waals surface area contributed by atoms with Crippen LogP contribution in [-0.2, 0) is 19.1 Å². The molecule has 1 fully saturated rings. The van der Waals surface area contributed by atoms with E-state index in [1.807, 2.05) is 26.0 Å². The largest absolute Gasteiger partial charge is 0.466 e. The van der Waals surface area contributed by atoms with E-state index in [1.165, 1.54) is 0 Å². The third-order valence-electron chi connectivity index (χ3n) is 4.41. The highest BCUT2D eigenvalue weighted by atomic mass is 16.5. The van der Waals surface area contributed by atoms with Crippen LogP contribution in [0.4, 0.5) is 0 Å². The summed E-state index contributed by atoms with van der Waals surface area (Å²) in [5.74, 6) is -1.07. The second-order valence-corrected chi connectivity index (χ2v) is 6.30. The number of carbonyl (C=O) groups is 3. The molecule has 6 nitrogen and oxygen atoms in total. The Kier molecular flexibility index (Phi) is 6.56. The van der Waals surface area contributed by atoms with E-state index in [4.69, 9.17) is 9.47 Å². The molecule has 1 aromatic carbocycles. The summed E-state index contributed by atoms with van der Waals surface area (Å²) in [5.41, 5.74) is 2.26. The summed E-state index contributed by atoms with van der Waals surface area (Å²) >= 11 is 0. The Hall–Kier alpha value is -2.37. The molecule has 1 aromatic rings. The average Bonchev–Trinajstić information content (AvgIpc) is 2.61. The van der Waals surface area contributed by atoms with Gasteiger partial charge in [-0.05, 0) is 45.2 Å². The highest BCUT2D eigenvalue weighted by molar-refractivity contribution is 5.92. The van der Waals surface area contributed by atoms with Gasteiger partial charge in [0.25, 0.3) is 5.91 Å². The van der Waals surface area contributed by atoms with Crippen molar-refractivity contribution in [2.75, 3.05) is 26.3 Å². The molecular weight excluding hydrogens is 322 g/mol. The first-order valence-electron chi connectivity index (χ1n) is 8.61. The first kappa shape index (κ1) is 19.0. The molecule has 0 unspecified atom stereocenters. The predicted molar refractivity (Wildman–Crippen MR) is 92.1 cm³/mol. The maximum Gasteiger partial charge on any atom is 0.338 e. The summed E-state index contributed by atoms with van der Waals surface area (Å²) in [5, 5.41) is 0. The minimum Gasteiger partial charge on any atom is -0.466 e. The lowest BCUT2D eigenvalue weighted by Crippen LogP contribution is -2.42. The van der Waals surface area contributed by atoms with Crippen LogP contribution in [0.5, 0.6) is 0 Å². The number of aryl methyl sites for hydroxylation is 2. The normalized spacial score (nSPS) is 14.9. The van der Waals surface area contributed by atoms with Crippen LogP contribution in [0.15, 0.2) is 18.2 Å². The molecule has 0 saturated carbocycles. The van der Waals surface area contributed by atoms with E-state index in [0.29, 0.717) is 38.1 Å². The Balaban J connectivity index is 1.82. The molecule has 1 amide bonds. The van der Waals surface area contributed by atoms with Crippen LogP contribution in [0.2, 0.25) is 0 Å². The minimum absolute atomic E-state index is 0.151. The van der Waals surface area contributed by atoms with Crippen LogP contribution in [0.25, 0.3) is 0 Å². The second-order valence-electron chi connectivity index (χ2n) is 6.30. The summed E-state index contributed by atoms with van der Waals surface area (Å²) < 4.78 is 10.2. The van der Waals surface area contributed by atoms with Crippen molar-refractivity contribution < 1.29 is 23.9 Å². The molecule has 0 aliphatic carbocycles. The summed E-state index contributed by atoms with van der Waals surface area (Å²) in [7, 11) is 0. The molecule has 25 heavy (non-hydrogen) atoms. The topological polar surface area (TPSA) is 72.9 Å². The van der Waals surface area contributed by atoms with Crippen LogP contribution in [0, 0.1) is 19.8 Å². The van der Waals surface area contributed by atoms with Crippen molar-refractivity contribution in [1.29, 1.82) is 0 Å². The zero-order chi connectivity index (χ0) is 18.4. The summed E-state index contributed by atoms with van der Waals surface area (Å²) in [6, 6.07) is 5.53. The van der Waals surface area contributed by atoms with E-state index < -0.39 is 5.97 Å².